The maximum atomic E-state index is 12.1. The van der Waals surface area contributed by atoms with Crippen LogP contribution in [0, 0.1) is 0 Å². The van der Waals surface area contributed by atoms with E-state index in [9.17, 15) is 18.0 Å². The number of hydrogen-bond donors (Lipinski definition) is 2. The summed E-state index contributed by atoms with van der Waals surface area (Å²) < 4.78 is 36.2. The molecule has 0 aromatic rings. The van der Waals surface area contributed by atoms with Gasteiger partial charge in [0, 0.05) is 20.2 Å². The Morgan fingerprint density at radius 2 is 2.07 bits per heavy atom. The van der Waals surface area contributed by atoms with Crippen molar-refractivity contribution in [3.05, 3.63) is 0 Å². The Bertz CT molecular complexity index is 197. The van der Waals surface area contributed by atoms with Gasteiger partial charge in [-0.15, -0.1) is 0 Å². The predicted molar refractivity (Wildman–Crippen MR) is 48.3 cm³/mol. The zero-order chi connectivity index (χ0) is 11.9. The summed E-state index contributed by atoms with van der Waals surface area (Å²) in [5, 5.41) is 10.7. The van der Waals surface area contributed by atoms with E-state index in [2.05, 4.69) is 5.32 Å². The van der Waals surface area contributed by atoms with Gasteiger partial charge in [0.05, 0.1) is 13.1 Å². The average molecular weight is 228 g/mol. The van der Waals surface area contributed by atoms with Crippen molar-refractivity contribution < 1.29 is 23.1 Å². The molecule has 15 heavy (non-hydrogen) atoms. The van der Waals surface area contributed by atoms with Crippen molar-refractivity contribution in [3.8, 4) is 0 Å². The summed E-state index contributed by atoms with van der Waals surface area (Å²) in [7, 11) is 1.36. The fraction of sp³-hybridized carbons (Fsp3) is 0.875. The second kappa shape index (κ2) is 6.62. The Labute approximate surface area is 86.1 Å². The summed E-state index contributed by atoms with van der Waals surface area (Å²) in [5.74, 6) is -0.475. The Morgan fingerprint density at radius 3 is 2.47 bits per heavy atom. The van der Waals surface area contributed by atoms with Crippen LogP contribution in [0.1, 0.15) is 6.42 Å². The predicted octanol–water partition coefficient (Wildman–Crippen LogP) is -0.0209. The SMILES string of the molecule is CNC(=O)CN(CCCO)CC(F)(F)F. The fourth-order valence-corrected chi connectivity index (χ4v) is 1.04. The van der Waals surface area contributed by atoms with Gasteiger partial charge >= 0.3 is 6.18 Å². The molecular weight excluding hydrogens is 213 g/mol. The molecule has 0 atom stereocenters. The molecule has 7 heteroatoms. The van der Waals surface area contributed by atoms with E-state index in [-0.39, 0.29) is 26.1 Å². The first-order valence-electron chi connectivity index (χ1n) is 4.49. The third kappa shape index (κ3) is 8.19. The molecule has 0 fully saturated rings. The first kappa shape index (κ1) is 14.2. The lowest BCUT2D eigenvalue weighted by Gasteiger charge is -2.22. The number of nitrogens with one attached hydrogen (secondary N) is 1. The summed E-state index contributed by atoms with van der Waals surface area (Å²) in [4.78, 5) is 11.8. The minimum absolute atomic E-state index is 0.0451. The summed E-state index contributed by atoms with van der Waals surface area (Å²) in [5.41, 5.74) is 0. The second-order valence-electron chi connectivity index (χ2n) is 3.08. The monoisotopic (exact) mass is 228 g/mol. The van der Waals surface area contributed by atoms with Crippen molar-refractivity contribution in [1.29, 1.82) is 0 Å². The molecule has 0 aliphatic carbocycles. The maximum absolute atomic E-state index is 12.1. The van der Waals surface area contributed by atoms with Crippen LogP contribution in [-0.4, -0.2) is 55.4 Å². The van der Waals surface area contributed by atoms with Gasteiger partial charge in [-0.1, -0.05) is 0 Å². The average Bonchev–Trinajstić information content (AvgIpc) is 2.11. The largest absolute Gasteiger partial charge is 0.401 e. The number of hydrogen-bond acceptors (Lipinski definition) is 3. The van der Waals surface area contributed by atoms with Crippen molar-refractivity contribution in [2.75, 3.05) is 33.3 Å². The smallest absolute Gasteiger partial charge is 0.396 e. The molecule has 0 bridgehead atoms. The molecule has 0 radical (unpaired) electrons. The summed E-state index contributed by atoms with van der Waals surface area (Å²) in [6.45, 7) is -1.60. The van der Waals surface area contributed by atoms with Crippen molar-refractivity contribution >= 4 is 5.91 Å². The van der Waals surface area contributed by atoms with E-state index in [1.165, 1.54) is 7.05 Å². The first-order chi connectivity index (χ1) is 6.89. The lowest BCUT2D eigenvalue weighted by Crippen LogP contribution is -2.41. The second-order valence-corrected chi connectivity index (χ2v) is 3.08. The van der Waals surface area contributed by atoms with Gasteiger partial charge in [-0.2, -0.15) is 13.2 Å². The van der Waals surface area contributed by atoms with Crippen molar-refractivity contribution in [2.45, 2.75) is 12.6 Å². The van der Waals surface area contributed by atoms with Gasteiger partial charge in [0.15, 0.2) is 0 Å². The highest BCUT2D eigenvalue weighted by molar-refractivity contribution is 5.77. The van der Waals surface area contributed by atoms with E-state index in [4.69, 9.17) is 5.11 Å². The van der Waals surface area contributed by atoms with E-state index < -0.39 is 18.6 Å². The number of aliphatic hydroxyl groups is 1. The number of amides is 1. The van der Waals surface area contributed by atoms with Crippen LogP contribution in [-0.2, 0) is 4.79 Å². The molecule has 0 heterocycles. The highest BCUT2D eigenvalue weighted by Crippen LogP contribution is 2.16. The van der Waals surface area contributed by atoms with Gasteiger partial charge in [0.25, 0.3) is 0 Å². The normalized spacial score (nSPS) is 11.9. The number of nitrogens with zero attached hydrogens (tertiary/aromatic N) is 1. The molecule has 0 aromatic heterocycles. The summed E-state index contributed by atoms with van der Waals surface area (Å²) >= 11 is 0. The van der Waals surface area contributed by atoms with Crippen molar-refractivity contribution in [3.63, 3.8) is 0 Å². The van der Waals surface area contributed by atoms with Gasteiger partial charge in [0.1, 0.15) is 0 Å². The Morgan fingerprint density at radius 1 is 1.47 bits per heavy atom. The Kier molecular flexibility index (Phi) is 6.26. The van der Waals surface area contributed by atoms with Gasteiger partial charge in [-0.25, -0.2) is 0 Å². The van der Waals surface area contributed by atoms with Crippen molar-refractivity contribution in [1.82, 2.24) is 10.2 Å². The molecular formula is C8H15F3N2O2. The van der Waals surface area contributed by atoms with Gasteiger partial charge in [-0.3, -0.25) is 9.69 Å². The van der Waals surface area contributed by atoms with Crippen LogP contribution in [0.5, 0.6) is 0 Å². The zero-order valence-electron chi connectivity index (χ0n) is 8.47. The first-order valence-corrected chi connectivity index (χ1v) is 4.49. The van der Waals surface area contributed by atoms with Crippen molar-refractivity contribution in [2.24, 2.45) is 0 Å². The molecule has 0 saturated carbocycles. The number of aliphatic hydroxyl groups excluding tert-OH is 1. The number of likely N-dealkylation sites (N-methyl/N-ethyl adjacent to an activating group) is 1. The van der Waals surface area contributed by atoms with Crippen LogP contribution in [0.4, 0.5) is 13.2 Å². The van der Waals surface area contributed by atoms with Crippen LogP contribution in [0.15, 0.2) is 0 Å². The third-order valence-corrected chi connectivity index (χ3v) is 1.68. The van der Waals surface area contributed by atoms with Gasteiger partial charge < -0.3 is 10.4 Å². The third-order valence-electron chi connectivity index (χ3n) is 1.68. The van der Waals surface area contributed by atoms with Crippen LogP contribution in [0.25, 0.3) is 0 Å². The van der Waals surface area contributed by atoms with Crippen LogP contribution < -0.4 is 5.32 Å². The fourth-order valence-electron chi connectivity index (χ4n) is 1.04. The molecule has 0 rings (SSSR count). The Balaban J connectivity index is 4.12. The minimum atomic E-state index is -4.33. The lowest BCUT2D eigenvalue weighted by molar-refractivity contribution is -0.149. The number of alkyl halides is 3. The number of carbonyl (C=O) groups is 1. The van der Waals surface area contributed by atoms with Crippen LogP contribution in [0.2, 0.25) is 0 Å². The quantitative estimate of drug-likeness (QED) is 0.671. The number of rotatable bonds is 6. The molecule has 0 saturated heterocycles. The molecule has 90 valence electrons. The molecule has 0 aliphatic rings. The van der Waals surface area contributed by atoms with Gasteiger partial charge in [0.2, 0.25) is 5.91 Å². The summed E-state index contributed by atoms with van der Waals surface area (Å²) in [6, 6.07) is 0. The highest BCUT2D eigenvalue weighted by atomic mass is 19.4. The molecule has 0 spiro atoms. The molecule has 1 amide bonds. The highest BCUT2D eigenvalue weighted by Gasteiger charge is 2.31. The van der Waals surface area contributed by atoms with Crippen LogP contribution >= 0.6 is 0 Å². The lowest BCUT2D eigenvalue weighted by atomic mass is 10.3. The van der Waals surface area contributed by atoms with E-state index in [0.717, 1.165) is 4.90 Å². The maximum Gasteiger partial charge on any atom is 0.401 e. The zero-order valence-corrected chi connectivity index (χ0v) is 8.47. The molecule has 4 nitrogen and oxygen atoms in total. The van der Waals surface area contributed by atoms with E-state index in [0.29, 0.717) is 0 Å². The minimum Gasteiger partial charge on any atom is -0.396 e. The summed E-state index contributed by atoms with van der Waals surface area (Å²) in [6.07, 6.45) is -4.11. The molecule has 0 aliphatic heterocycles. The standard InChI is InChI=1S/C8H15F3N2O2/c1-12-7(15)5-13(3-2-4-14)6-8(9,10)11/h14H,2-6H2,1H3,(H,12,15). The van der Waals surface area contributed by atoms with E-state index >= 15 is 0 Å². The van der Waals surface area contributed by atoms with Gasteiger partial charge in [-0.05, 0) is 6.42 Å². The number of carbonyl (C=O) groups excluding carboxylic acids is 1. The Hall–Kier alpha value is -0.820. The molecule has 2 N–H and O–H groups in total. The van der Waals surface area contributed by atoms with E-state index in [1.807, 2.05) is 0 Å². The van der Waals surface area contributed by atoms with Crippen LogP contribution in [0.3, 0.4) is 0 Å². The van der Waals surface area contributed by atoms with E-state index in [1.54, 1.807) is 0 Å². The number of halogens is 3. The molecule has 0 unspecified atom stereocenters. The molecule has 0 aromatic carbocycles. The topological polar surface area (TPSA) is 52.6 Å².